The number of anilines is 1. The van der Waals surface area contributed by atoms with E-state index in [0.29, 0.717) is 28.2 Å². The second kappa shape index (κ2) is 8.12. The Labute approximate surface area is 167 Å². The Hall–Kier alpha value is -2.02. The Morgan fingerprint density at radius 3 is 2.58 bits per heavy atom. The Balaban J connectivity index is 1.72. The zero-order valence-electron chi connectivity index (χ0n) is 14.3. The fraction of sp³-hybridized carbons (Fsp3) is 0.222. The summed E-state index contributed by atoms with van der Waals surface area (Å²) in [5, 5.41) is 12.6. The van der Waals surface area contributed by atoms with E-state index in [9.17, 15) is 0 Å². The third-order valence-electron chi connectivity index (χ3n) is 3.99. The van der Waals surface area contributed by atoms with Crippen LogP contribution in [0.25, 0.3) is 0 Å². The maximum absolute atomic E-state index is 6.27. The van der Waals surface area contributed by atoms with Crippen molar-refractivity contribution < 1.29 is 4.42 Å². The molecular weight excluding hydrogens is 391 g/mol. The Morgan fingerprint density at radius 1 is 1.19 bits per heavy atom. The number of benzene rings is 1. The first-order chi connectivity index (χ1) is 12.5. The van der Waals surface area contributed by atoms with E-state index in [1.165, 1.54) is 0 Å². The summed E-state index contributed by atoms with van der Waals surface area (Å²) in [4.78, 5) is 0. The number of rotatable bonds is 5. The summed E-state index contributed by atoms with van der Waals surface area (Å²) in [6, 6.07) is 9.19. The molecule has 0 saturated carbocycles. The topological polar surface area (TPSA) is 55.0 Å². The highest BCUT2D eigenvalue weighted by molar-refractivity contribution is 7.80. The fourth-order valence-electron chi connectivity index (χ4n) is 2.60. The minimum Gasteiger partial charge on any atom is -0.467 e. The van der Waals surface area contributed by atoms with Crippen LogP contribution in [0.3, 0.4) is 0 Å². The van der Waals surface area contributed by atoms with Crippen LogP contribution >= 0.6 is 35.4 Å². The number of thiocarbonyl (C=S) groups is 1. The summed E-state index contributed by atoms with van der Waals surface area (Å²) in [5.41, 5.74) is 3.49. The number of hydrogen-bond donors (Lipinski definition) is 2. The lowest BCUT2D eigenvalue weighted by molar-refractivity contribution is 0.503. The molecule has 5 nitrogen and oxygen atoms in total. The highest BCUT2D eigenvalue weighted by Gasteiger charge is 2.15. The van der Waals surface area contributed by atoms with Crippen LogP contribution in [-0.2, 0) is 13.1 Å². The van der Waals surface area contributed by atoms with Gasteiger partial charge in [-0.05, 0) is 50.3 Å². The van der Waals surface area contributed by atoms with E-state index in [2.05, 4.69) is 15.7 Å². The van der Waals surface area contributed by atoms with Gasteiger partial charge < -0.3 is 15.1 Å². The average molecular weight is 409 g/mol. The van der Waals surface area contributed by atoms with Gasteiger partial charge in [0.15, 0.2) is 5.11 Å². The van der Waals surface area contributed by atoms with E-state index >= 15 is 0 Å². The van der Waals surface area contributed by atoms with Crippen LogP contribution < -0.4 is 10.6 Å². The minimum atomic E-state index is 0.486. The van der Waals surface area contributed by atoms with Gasteiger partial charge in [-0.3, -0.25) is 4.68 Å². The molecule has 0 atom stereocenters. The summed E-state index contributed by atoms with van der Waals surface area (Å²) in [6.07, 6.45) is 1.63. The van der Waals surface area contributed by atoms with E-state index in [4.69, 9.17) is 39.8 Å². The average Bonchev–Trinajstić information content (AvgIpc) is 3.20. The molecule has 3 aromatic rings. The van der Waals surface area contributed by atoms with Crippen molar-refractivity contribution in [1.29, 1.82) is 0 Å². The first kappa shape index (κ1) is 18.8. The van der Waals surface area contributed by atoms with Crippen LogP contribution in [0.15, 0.2) is 41.0 Å². The number of halogens is 2. The van der Waals surface area contributed by atoms with E-state index in [1.54, 1.807) is 6.26 Å². The van der Waals surface area contributed by atoms with Crippen LogP contribution in [0.4, 0.5) is 5.69 Å². The van der Waals surface area contributed by atoms with E-state index in [1.807, 2.05) is 48.9 Å². The Bertz CT molecular complexity index is 901. The molecule has 0 spiro atoms. The van der Waals surface area contributed by atoms with Gasteiger partial charge in [-0.25, -0.2) is 0 Å². The van der Waals surface area contributed by atoms with Gasteiger partial charge in [-0.2, -0.15) is 5.10 Å². The number of hydrogen-bond acceptors (Lipinski definition) is 3. The molecule has 3 rings (SSSR count). The summed E-state index contributed by atoms with van der Waals surface area (Å²) in [5.74, 6) is 0.812. The number of aryl methyl sites for hydroxylation is 1. The highest BCUT2D eigenvalue weighted by Crippen LogP contribution is 2.27. The lowest BCUT2D eigenvalue weighted by Crippen LogP contribution is -2.28. The van der Waals surface area contributed by atoms with E-state index in [-0.39, 0.29) is 0 Å². The number of nitrogens with zero attached hydrogens (tertiary/aromatic N) is 2. The molecule has 26 heavy (non-hydrogen) atoms. The van der Waals surface area contributed by atoms with Crippen LogP contribution in [0.1, 0.15) is 22.7 Å². The van der Waals surface area contributed by atoms with Crippen LogP contribution in [-0.4, -0.2) is 14.9 Å². The first-order valence-electron chi connectivity index (χ1n) is 8.00. The van der Waals surface area contributed by atoms with Gasteiger partial charge in [0.05, 0.1) is 36.4 Å². The minimum absolute atomic E-state index is 0.486. The summed E-state index contributed by atoms with van der Waals surface area (Å²) < 4.78 is 7.14. The van der Waals surface area contributed by atoms with Crippen molar-refractivity contribution in [1.82, 2.24) is 15.1 Å². The molecule has 0 fully saturated rings. The van der Waals surface area contributed by atoms with Gasteiger partial charge in [0, 0.05) is 15.6 Å². The monoisotopic (exact) mass is 408 g/mol. The molecule has 2 aromatic heterocycles. The van der Waals surface area contributed by atoms with Gasteiger partial charge >= 0.3 is 0 Å². The zero-order valence-corrected chi connectivity index (χ0v) is 16.7. The van der Waals surface area contributed by atoms with Crippen molar-refractivity contribution in [2.24, 2.45) is 0 Å². The number of nitrogens with one attached hydrogen (secondary N) is 2. The van der Waals surface area contributed by atoms with Gasteiger partial charge in [-0.1, -0.05) is 29.3 Å². The van der Waals surface area contributed by atoms with E-state index < -0.39 is 0 Å². The standard InChI is InChI=1S/C18H18Cl2N4OS/c1-11-17(22-18(26)21-9-13-5-4-8-25-13)12(2)24(23-11)10-14-15(19)6-3-7-16(14)20/h3-8H,9-10H2,1-2H3,(H2,21,22,26). The molecule has 1 aromatic carbocycles. The third kappa shape index (κ3) is 4.20. The van der Waals surface area contributed by atoms with E-state index in [0.717, 1.165) is 28.4 Å². The fourth-order valence-corrected chi connectivity index (χ4v) is 3.29. The summed E-state index contributed by atoms with van der Waals surface area (Å²) in [6.45, 7) is 4.90. The lowest BCUT2D eigenvalue weighted by atomic mass is 10.2. The van der Waals surface area contributed by atoms with Crippen LogP contribution in [0.2, 0.25) is 10.0 Å². The molecule has 0 radical (unpaired) electrons. The quantitative estimate of drug-likeness (QED) is 0.585. The van der Waals surface area contributed by atoms with Gasteiger partial charge in [-0.15, -0.1) is 0 Å². The van der Waals surface area contributed by atoms with Gasteiger partial charge in [0.2, 0.25) is 0 Å². The highest BCUT2D eigenvalue weighted by atomic mass is 35.5. The third-order valence-corrected chi connectivity index (χ3v) is 4.95. The molecule has 0 bridgehead atoms. The molecule has 8 heteroatoms. The number of aromatic nitrogens is 2. The Kier molecular flexibility index (Phi) is 5.86. The normalized spacial score (nSPS) is 10.8. The van der Waals surface area contributed by atoms with Crippen molar-refractivity contribution in [3.63, 3.8) is 0 Å². The molecule has 0 amide bonds. The smallest absolute Gasteiger partial charge is 0.171 e. The van der Waals surface area contributed by atoms with Crippen molar-refractivity contribution >= 4 is 46.2 Å². The SMILES string of the molecule is Cc1nn(Cc2c(Cl)cccc2Cl)c(C)c1NC(=S)NCc1ccco1. The first-order valence-corrected chi connectivity index (χ1v) is 9.16. The maximum Gasteiger partial charge on any atom is 0.171 e. The molecule has 0 aliphatic rings. The molecule has 136 valence electrons. The molecule has 2 N–H and O–H groups in total. The second-order valence-electron chi connectivity index (χ2n) is 5.79. The predicted octanol–water partition coefficient (Wildman–Crippen LogP) is 4.93. The second-order valence-corrected chi connectivity index (χ2v) is 7.01. The van der Waals surface area contributed by atoms with Crippen molar-refractivity contribution in [2.75, 3.05) is 5.32 Å². The zero-order chi connectivity index (χ0) is 18.7. The number of furan rings is 1. The van der Waals surface area contributed by atoms with Crippen molar-refractivity contribution in [3.05, 3.63) is 69.4 Å². The maximum atomic E-state index is 6.27. The predicted molar refractivity (Wildman–Crippen MR) is 109 cm³/mol. The lowest BCUT2D eigenvalue weighted by Gasteiger charge is -2.11. The molecule has 0 unspecified atom stereocenters. The van der Waals surface area contributed by atoms with Gasteiger partial charge in [0.25, 0.3) is 0 Å². The molecule has 0 saturated heterocycles. The molecule has 0 aliphatic heterocycles. The van der Waals surface area contributed by atoms with Crippen molar-refractivity contribution in [3.8, 4) is 0 Å². The van der Waals surface area contributed by atoms with Crippen molar-refractivity contribution in [2.45, 2.75) is 26.9 Å². The van der Waals surface area contributed by atoms with Crippen LogP contribution in [0, 0.1) is 13.8 Å². The van der Waals surface area contributed by atoms with Crippen LogP contribution in [0.5, 0.6) is 0 Å². The largest absolute Gasteiger partial charge is 0.467 e. The molecule has 2 heterocycles. The summed E-state index contributed by atoms with van der Waals surface area (Å²) in [7, 11) is 0. The molecule has 0 aliphatic carbocycles. The molecular formula is C18H18Cl2N4OS. The summed E-state index contributed by atoms with van der Waals surface area (Å²) >= 11 is 17.9. The van der Waals surface area contributed by atoms with Gasteiger partial charge in [0.1, 0.15) is 5.76 Å². The Morgan fingerprint density at radius 2 is 1.92 bits per heavy atom.